The van der Waals surface area contributed by atoms with Crippen molar-refractivity contribution in [2.45, 2.75) is 26.7 Å². The summed E-state index contributed by atoms with van der Waals surface area (Å²) >= 11 is 0. The van der Waals surface area contributed by atoms with Crippen LogP contribution in [0.3, 0.4) is 0 Å². The molecule has 0 aliphatic carbocycles. The van der Waals surface area contributed by atoms with E-state index in [9.17, 15) is 4.79 Å². The number of carbonyl (C=O) groups is 1. The van der Waals surface area contributed by atoms with Crippen molar-refractivity contribution >= 4 is 5.97 Å². The molecule has 2 rings (SSSR count). The van der Waals surface area contributed by atoms with Gasteiger partial charge >= 0.3 is 5.97 Å². The zero-order valence-electron chi connectivity index (χ0n) is 11.6. The van der Waals surface area contributed by atoms with Crippen molar-refractivity contribution in [3.8, 4) is 11.5 Å². The van der Waals surface area contributed by atoms with E-state index in [2.05, 4.69) is 0 Å². The van der Waals surface area contributed by atoms with Gasteiger partial charge in [0, 0.05) is 11.5 Å². The molecule has 0 bridgehead atoms. The molecule has 0 spiro atoms. The minimum atomic E-state index is -0.319. The van der Waals surface area contributed by atoms with Gasteiger partial charge in [0.25, 0.3) is 0 Å². The Hall–Kier alpha value is -1.97. The first-order valence-corrected chi connectivity index (χ1v) is 6.32. The zero-order valence-corrected chi connectivity index (χ0v) is 11.6. The van der Waals surface area contributed by atoms with Gasteiger partial charge in [-0.25, -0.2) is 4.79 Å². The Labute approximate surface area is 113 Å². The van der Waals surface area contributed by atoms with Gasteiger partial charge in [0.2, 0.25) is 0 Å². The summed E-state index contributed by atoms with van der Waals surface area (Å²) < 4.78 is 16.0. The van der Waals surface area contributed by atoms with Gasteiger partial charge in [-0.2, -0.15) is 0 Å². The van der Waals surface area contributed by atoms with E-state index in [1.54, 1.807) is 21.0 Å². The molecule has 1 unspecified atom stereocenters. The van der Waals surface area contributed by atoms with Crippen molar-refractivity contribution in [1.29, 1.82) is 0 Å². The van der Waals surface area contributed by atoms with E-state index >= 15 is 0 Å². The molecule has 4 heteroatoms. The number of fused-ring (bicyclic) bond motifs is 1. The van der Waals surface area contributed by atoms with Crippen LogP contribution in [-0.2, 0) is 9.53 Å². The summed E-state index contributed by atoms with van der Waals surface area (Å²) in [6, 6.07) is 5.59. The Morgan fingerprint density at radius 3 is 2.79 bits per heavy atom. The maximum absolute atomic E-state index is 12.0. The summed E-state index contributed by atoms with van der Waals surface area (Å²) in [4.78, 5) is 12.0. The maximum atomic E-state index is 12.0. The maximum Gasteiger partial charge on any atom is 0.338 e. The Bertz CT molecular complexity index is 531. The third-order valence-electron chi connectivity index (χ3n) is 3.25. The second-order valence-electron chi connectivity index (χ2n) is 4.42. The summed E-state index contributed by atoms with van der Waals surface area (Å²) in [5, 5.41) is 0. The molecule has 4 nitrogen and oxygen atoms in total. The second-order valence-corrected chi connectivity index (χ2v) is 4.42. The lowest BCUT2D eigenvalue weighted by atomic mass is 9.89. The number of methoxy groups -OCH3 is 1. The van der Waals surface area contributed by atoms with Crippen LogP contribution in [-0.4, -0.2) is 19.7 Å². The smallest absolute Gasteiger partial charge is 0.338 e. The lowest BCUT2D eigenvalue weighted by Gasteiger charge is -2.26. The highest BCUT2D eigenvalue weighted by atomic mass is 16.5. The van der Waals surface area contributed by atoms with Gasteiger partial charge in [0.05, 0.1) is 19.3 Å². The minimum absolute atomic E-state index is 0.0714. The van der Waals surface area contributed by atoms with Crippen LogP contribution in [0.4, 0.5) is 0 Å². The van der Waals surface area contributed by atoms with Gasteiger partial charge in [-0.3, -0.25) is 0 Å². The number of hydrogen-bond acceptors (Lipinski definition) is 4. The number of allylic oxidation sites excluding steroid dienone is 1. The van der Waals surface area contributed by atoms with Gasteiger partial charge < -0.3 is 14.2 Å². The summed E-state index contributed by atoms with van der Waals surface area (Å²) in [5.74, 6) is 1.72. The quantitative estimate of drug-likeness (QED) is 0.785. The average Bonchev–Trinajstić information content (AvgIpc) is 2.38. The molecule has 0 aromatic heterocycles. The Balaban J connectivity index is 2.41. The van der Waals surface area contributed by atoms with Crippen molar-refractivity contribution in [3.05, 3.63) is 35.1 Å². The molecular formula is C15H18O4. The van der Waals surface area contributed by atoms with Crippen molar-refractivity contribution in [2.24, 2.45) is 0 Å². The standard InChI is InChI=1S/C15H18O4/c1-5-18-15(16)14-9(2)12-8-11(17-4)6-7-13(12)19-10(14)3/h6-9H,5H2,1-4H3. The molecule has 0 radical (unpaired) electrons. The van der Waals surface area contributed by atoms with Crippen molar-refractivity contribution in [1.82, 2.24) is 0 Å². The molecule has 1 aliphatic rings. The van der Waals surface area contributed by atoms with Gasteiger partial charge in [0.15, 0.2) is 0 Å². The fourth-order valence-corrected chi connectivity index (χ4v) is 2.29. The number of carbonyl (C=O) groups excluding carboxylic acids is 1. The summed E-state index contributed by atoms with van der Waals surface area (Å²) in [6.07, 6.45) is 0. The highest BCUT2D eigenvalue weighted by molar-refractivity contribution is 5.91. The van der Waals surface area contributed by atoms with Gasteiger partial charge in [0.1, 0.15) is 17.3 Å². The number of rotatable bonds is 3. The largest absolute Gasteiger partial charge is 0.497 e. The lowest BCUT2D eigenvalue weighted by molar-refractivity contribution is -0.139. The monoisotopic (exact) mass is 262 g/mol. The van der Waals surface area contributed by atoms with E-state index < -0.39 is 0 Å². The topological polar surface area (TPSA) is 44.8 Å². The molecule has 0 N–H and O–H groups in total. The highest BCUT2D eigenvalue weighted by Gasteiger charge is 2.30. The Kier molecular flexibility index (Phi) is 3.79. The van der Waals surface area contributed by atoms with Crippen LogP contribution in [0.25, 0.3) is 0 Å². The average molecular weight is 262 g/mol. The van der Waals surface area contributed by atoms with Gasteiger partial charge in [-0.05, 0) is 32.0 Å². The fraction of sp³-hybridized carbons (Fsp3) is 0.400. The number of hydrogen-bond donors (Lipinski definition) is 0. The molecule has 1 aromatic rings. The predicted molar refractivity (Wildman–Crippen MR) is 71.4 cm³/mol. The van der Waals surface area contributed by atoms with Crippen LogP contribution in [0.1, 0.15) is 32.3 Å². The third-order valence-corrected chi connectivity index (χ3v) is 3.25. The fourth-order valence-electron chi connectivity index (χ4n) is 2.29. The van der Waals surface area contributed by atoms with E-state index in [1.165, 1.54) is 0 Å². The number of esters is 1. The molecule has 1 heterocycles. The number of benzene rings is 1. The van der Waals surface area contributed by atoms with Gasteiger partial charge in [-0.15, -0.1) is 0 Å². The second kappa shape index (κ2) is 5.34. The van der Waals surface area contributed by atoms with E-state index in [4.69, 9.17) is 14.2 Å². The van der Waals surface area contributed by atoms with Crippen LogP contribution < -0.4 is 9.47 Å². The van der Waals surface area contributed by atoms with E-state index in [0.717, 1.165) is 17.1 Å². The van der Waals surface area contributed by atoms with Crippen LogP contribution in [0.5, 0.6) is 11.5 Å². The van der Waals surface area contributed by atoms with Crippen LogP contribution in [0, 0.1) is 0 Å². The molecule has 102 valence electrons. The van der Waals surface area contributed by atoms with Crippen molar-refractivity contribution in [3.63, 3.8) is 0 Å². The summed E-state index contributed by atoms with van der Waals surface area (Å²) in [6.45, 7) is 5.90. The first-order chi connectivity index (χ1) is 9.08. The molecule has 0 saturated carbocycles. The minimum Gasteiger partial charge on any atom is -0.497 e. The van der Waals surface area contributed by atoms with E-state index in [-0.39, 0.29) is 11.9 Å². The highest BCUT2D eigenvalue weighted by Crippen LogP contribution is 2.40. The predicted octanol–water partition coefficient (Wildman–Crippen LogP) is 3.03. The zero-order chi connectivity index (χ0) is 14.0. The molecule has 19 heavy (non-hydrogen) atoms. The van der Waals surface area contributed by atoms with Crippen LogP contribution in [0.15, 0.2) is 29.5 Å². The first kappa shape index (κ1) is 13.5. The third kappa shape index (κ3) is 2.43. The molecule has 1 atom stereocenters. The lowest BCUT2D eigenvalue weighted by Crippen LogP contribution is -2.20. The molecule has 1 aliphatic heterocycles. The van der Waals surface area contributed by atoms with Crippen molar-refractivity contribution in [2.75, 3.05) is 13.7 Å². The normalized spacial score (nSPS) is 17.6. The SMILES string of the molecule is CCOC(=O)C1=C(C)Oc2ccc(OC)cc2C1C. The van der Waals surface area contributed by atoms with Gasteiger partial charge in [-0.1, -0.05) is 6.92 Å². The Morgan fingerprint density at radius 1 is 1.42 bits per heavy atom. The first-order valence-electron chi connectivity index (χ1n) is 6.32. The van der Waals surface area contributed by atoms with E-state index in [0.29, 0.717) is 17.9 Å². The molecule has 1 aromatic carbocycles. The van der Waals surface area contributed by atoms with Crippen molar-refractivity contribution < 1.29 is 19.0 Å². The van der Waals surface area contributed by atoms with Crippen LogP contribution >= 0.6 is 0 Å². The van der Waals surface area contributed by atoms with E-state index in [1.807, 2.05) is 25.1 Å². The van der Waals surface area contributed by atoms with Crippen LogP contribution in [0.2, 0.25) is 0 Å². The molecule has 0 amide bonds. The summed E-state index contributed by atoms with van der Waals surface area (Å²) in [7, 11) is 1.61. The Morgan fingerprint density at radius 2 is 2.16 bits per heavy atom. The summed E-state index contributed by atoms with van der Waals surface area (Å²) in [5.41, 5.74) is 1.51. The molecule has 0 fully saturated rings. The molecular weight excluding hydrogens is 244 g/mol. The molecule has 0 saturated heterocycles. The number of ether oxygens (including phenoxy) is 3.